The molecule has 0 bridgehead atoms. The van der Waals surface area contributed by atoms with E-state index in [-0.39, 0.29) is 11.5 Å². The maximum atomic E-state index is 11.8. The summed E-state index contributed by atoms with van der Waals surface area (Å²) in [5.41, 5.74) is 6.49. The minimum absolute atomic E-state index is 0.0112. The van der Waals surface area contributed by atoms with Gasteiger partial charge in [0, 0.05) is 19.6 Å². The zero-order chi connectivity index (χ0) is 19.6. The molecule has 2 aromatic rings. The molecule has 4 N–H and O–H groups in total. The van der Waals surface area contributed by atoms with E-state index >= 15 is 0 Å². The van der Waals surface area contributed by atoms with Gasteiger partial charge in [0.15, 0.2) is 11.5 Å². The van der Waals surface area contributed by atoms with Crippen LogP contribution in [0.5, 0.6) is 11.5 Å². The summed E-state index contributed by atoms with van der Waals surface area (Å²) in [5.74, 6) is 0.974. The molecule has 0 atom stereocenters. The number of carbonyl (C=O) groups excluding carboxylic acids is 1. The molecule has 0 saturated carbocycles. The van der Waals surface area contributed by atoms with Crippen LogP contribution in [-0.2, 0) is 6.54 Å². The van der Waals surface area contributed by atoms with E-state index in [2.05, 4.69) is 48.4 Å². The number of carbonyl (C=O) groups is 1. The van der Waals surface area contributed by atoms with E-state index < -0.39 is 5.91 Å². The molecule has 148 valence electrons. The van der Waals surface area contributed by atoms with E-state index in [9.17, 15) is 4.79 Å². The number of ether oxygens (including phenoxy) is 2. The van der Waals surface area contributed by atoms with Gasteiger partial charge in [-0.05, 0) is 57.3 Å². The van der Waals surface area contributed by atoms with Crippen LogP contribution in [-0.4, -0.2) is 42.5 Å². The van der Waals surface area contributed by atoms with Crippen molar-refractivity contribution >= 4 is 27.7 Å². The Bertz CT molecular complexity index is 753. The molecule has 0 spiro atoms. The summed E-state index contributed by atoms with van der Waals surface area (Å²) in [6.07, 6.45) is 0.920. The monoisotopic (exact) mass is 441 g/mol. The van der Waals surface area contributed by atoms with Crippen molar-refractivity contribution < 1.29 is 18.9 Å². The van der Waals surface area contributed by atoms with Gasteiger partial charge in [0.2, 0.25) is 11.5 Å². The number of amides is 1. The second-order valence-electron chi connectivity index (χ2n) is 5.62. The molecule has 10 heteroatoms. The van der Waals surface area contributed by atoms with E-state index in [1.165, 1.54) is 0 Å². The number of halogens is 1. The smallest absolute Gasteiger partial charge is 0.277 e. The molecule has 1 aromatic heterocycles. The van der Waals surface area contributed by atoms with Gasteiger partial charge in [-0.3, -0.25) is 4.79 Å². The van der Waals surface area contributed by atoms with Gasteiger partial charge < -0.3 is 25.8 Å². The molecule has 0 saturated heterocycles. The highest BCUT2D eigenvalue weighted by Gasteiger charge is 2.15. The van der Waals surface area contributed by atoms with Crippen LogP contribution in [0, 0.1) is 0 Å². The summed E-state index contributed by atoms with van der Waals surface area (Å²) in [5, 5.41) is 12.8. The maximum Gasteiger partial charge on any atom is 0.277 e. The molecule has 0 unspecified atom stereocenters. The Morgan fingerprint density at radius 2 is 2.07 bits per heavy atom. The van der Waals surface area contributed by atoms with Gasteiger partial charge in [0.25, 0.3) is 5.91 Å². The van der Waals surface area contributed by atoms with Crippen LogP contribution < -0.4 is 25.8 Å². The number of hydrogen-bond acceptors (Lipinski definition) is 8. The fourth-order valence-electron chi connectivity index (χ4n) is 2.26. The molecule has 0 aliphatic heterocycles. The van der Waals surface area contributed by atoms with Crippen LogP contribution in [0.3, 0.4) is 0 Å². The first-order valence-corrected chi connectivity index (χ1v) is 9.51. The maximum absolute atomic E-state index is 11.8. The van der Waals surface area contributed by atoms with Crippen molar-refractivity contribution in [2.75, 3.05) is 32.0 Å². The molecule has 0 aliphatic rings. The van der Waals surface area contributed by atoms with Crippen molar-refractivity contribution in [1.29, 1.82) is 0 Å². The van der Waals surface area contributed by atoms with Gasteiger partial charge in [0.05, 0.1) is 17.7 Å². The van der Waals surface area contributed by atoms with E-state index in [0.29, 0.717) is 44.3 Å². The van der Waals surface area contributed by atoms with Crippen LogP contribution in [0.15, 0.2) is 21.2 Å². The first kappa shape index (κ1) is 21.0. The zero-order valence-electron chi connectivity index (χ0n) is 15.4. The van der Waals surface area contributed by atoms with Crippen molar-refractivity contribution in [3.63, 3.8) is 0 Å². The Morgan fingerprint density at radius 1 is 1.26 bits per heavy atom. The molecule has 1 aromatic carbocycles. The van der Waals surface area contributed by atoms with E-state index in [0.717, 1.165) is 16.5 Å². The molecular formula is C17H24BrN5O4. The zero-order valence-corrected chi connectivity index (χ0v) is 17.0. The summed E-state index contributed by atoms with van der Waals surface area (Å²) in [4.78, 5) is 11.8. The predicted octanol–water partition coefficient (Wildman–Crippen LogP) is 2.12. The van der Waals surface area contributed by atoms with Gasteiger partial charge in [-0.2, -0.15) is 0 Å². The van der Waals surface area contributed by atoms with E-state index in [1.54, 1.807) is 0 Å². The fourth-order valence-corrected chi connectivity index (χ4v) is 2.87. The van der Waals surface area contributed by atoms with Crippen molar-refractivity contribution in [2.45, 2.75) is 26.8 Å². The molecule has 1 amide bonds. The average molecular weight is 442 g/mol. The SMILES string of the molecule is CCCOc1c(Br)cc(CNCCNC(=O)c2nonc2N)cc1OCC. The van der Waals surface area contributed by atoms with Crippen molar-refractivity contribution in [1.82, 2.24) is 20.9 Å². The molecule has 0 aliphatic carbocycles. The first-order valence-electron chi connectivity index (χ1n) is 8.71. The fraction of sp³-hybridized carbons (Fsp3) is 0.471. The van der Waals surface area contributed by atoms with Crippen LogP contribution in [0.2, 0.25) is 0 Å². The highest BCUT2D eigenvalue weighted by atomic mass is 79.9. The summed E-state index contributed by atoms with van der Waals surface area (Å²) in [6.45, 7) is 6.74. The Morgan fingerprint density at radius 3 is 2.74 bits per heavy atom. The third-order valence-corrected chi connectivity index (χ3v) is 4.05. The number of anilines is 1. The van der Waals surface area contributed by atoms with Gasteiger partial charge in [-0.1, -0.05) is 6.92 Å². The van der Waals surface area contributed by atoms with Gasteiger partial charge >= 0.3 is 0 Å². The Labute approximate surface area is 166 Å². The Balaban J connectivity index is 1.84. The van der Waals surface area contributed by atoms with E-state index in [1.807, 2.05) is 19.1 Å². The predicted molar refractivity (Wildman–Crippen MR) is 104 cm³/mol. The van der Waals surface area contributed by atoms with Crippen LogP contribution in [0.1, 0.15) is 36.3 Å². The topological polar surface area (TPSA) is 125 Å². The summed E-state index contributed by atoms with van der Waals surface area (Å²) >= 11 is 3.55. The van der Waals surface area contributed by atoms with E-state index in [4.69, 9.17) is 15.2 Å². The van der Waals surface area contributed by atoms with Crippen molar-refractivity contribution in [3.05, 3.63) is 27.9 Å². The Kier molecular flexibility index (Phi) is 8.34. The summed E-state index contributed by atoms with van der Waals surface area (Å²) in [6, 6.07) is 3.94. The number of aromatic nitrogens is 2. The van der Waals surface area contributed by atoms with Crippen molar-refractivity contribution in [3.8, 4) is 11.5 Å². The molecular weight excluding hydrogens is 418 g/mol. The largest absolute Gasteiger partial charge is 0.490 e. The minimum Gasteiger partial charge on any atom is -0.490 e. The Hall–Kier alpha value is -2.33. The second kappa shape index (κ2) is 10.7. The first-order chi connectivity index (χ1) is 13.1. The lowest BCUT2D eigenvalue weighted by molar-refractivity contribution is 0.0944. The molecule has 2 rings (SSSR count). The van der Waals surface area contributed by atoms with Gasteiger partial charge in [-0.15, -0.1) is 0 Å². The highest BCUT2D eigenvalue weighted by Crippen LogP contribution is 2.37. The summed E-state index contributed by atoms with van der Waals surface area (Å²) in [7, 11) is 0. The number of nitrogens with two attached hydrogens (primary N) is 1. The third kappa shape index (κ3) is 6.10. The van der Waals surface area contributed by atoms with Gasteiger partial charge in [-0.25, -0.2) is 4.63 Å². The lowest BCUT2D eigenvalue weighted by atomic mass is 10.2. The quantitative estimate of drug-likeness (QED) is 0.452. The average Bonchev–Trinajstić information content (AvgIpc) is 3.07. The van der Waals surface area contributed by atoms with Crippen LogP contribution in [0.25, 0.3) is 0 Å². The number of nitrogens with zero attached hydrogens (tertiary/aromatic N) is 2. The lowest BCUT2D eigenvalue weighted by Crippen LogP contribution is -2.32. The number of benzene rings is 1. The molecule has 1 heterocycles. The molecule has 0 radical (unpaired) electrons. The second-order valence-corrected chi connectivity index (χ2v) is 6.47. The number of rotatable bonds is 11. The lowest BCUT2D eigenvalue weighted by Gasteiger charge is -2.15. The summed E-state index contributed by atoms with van der Waals surface area (Å²) < 4.78 is 16.7. The van der Waals surface area contributed by atoms with Crippen molar-refractivity contribution in [2.24, 2.45) is 0 Å². The van der Waals surface area contributed by atoms with Gasteiger partial charge in [0.1, 0.15) is 0 Å². The molecule has 9 nitrogen and oxygen atoms in total. The highest BCUT2D eigenvalue weighted by molar-refractivity contribution is 9.10. The minimum atomic E-state index is -0.422. The van der Waals surface area contributed by atoms with Crippen LogP contribution in [0.4, 0.5) is 5.82 Å². The third-order valence-electron chi connectivity index (χ3n) is 3.47. The standard InChI is InChI=1S/C17H24BrN5O4/c1-3-7-26-15-12(18)8-11(9-13(15)25-4-2)10-20-5-6-21-17(24)14-16(19)23-27-22-14/h8-9,20H,3-7,10H2,1-2H3,(H2,19,23)(H,21,24). The number of nitrogen functional groups attached to an aromatic ring is 1. The molecule has 0 fully saturated rings. The number of nitrogens with one attached hydrogen (secondary N) is 2. The molecule has 27 heavy (non-hydrogen) atoms. The normalized spacial score (nSPS) is 10.6. The van der Waals surface area contributed by atoms with Crippen LogP contribution >= 0.6 is 15.9 Å². The number of hydrogen-bond donors (Lipinski definition) is 3.